The van der Waals surface area contributed by atoms with E-state index in [0.717, 1.165) is 25.9 Å². The molecule has 6 nitrogen and oxygen atoms in total. The highest BCUT2D eigenvalue weighted by atomic mass is 16.5. The number of carbonyl (C=O) groups excluding carboxylic acids is 1. The van der Waals surface area contributed by atoms with Gasteiger partial charge >= 0.3 is 5.97 Å². The second kappa shape index (κ2) is 6.14. The van der Waals surface area contributed by atoms with Gasteiger partial charge in [0.1, 0.15) is 0 Å². The van der Waals surface area contributed by atoms with E-state index >= 15 is 0 Å². The monoisotopic (exact) mass is 267 g/mol. The van der Waals surface area contributed by atoms with Crippen molar-refractivity contribution in [1.29, 1.82) is 0 Å². The summed E-state index contributed by atoms with van der Waals surface area (Å²) in [7, 11) is 0. The van der Waals surface area contributed by atoms with Crippen molar-refractivity contribution in [3.63, 3.8) is 0 Å². The molecule has 1 aliphatic heterocycles. The smallest absolute Gasteiger partial charge is 0.309 e. The molecule has 0 saturated carbocycles. The van der Waals surface area contributed by atoms with Crippen LogP contribution in [0.1, 0.15) is 44.4 Å². The molecule has 1 fully saturated rings. The molecule has 1 aromatic heterocycles. The molecule has 1 saturated heterocycles. The van der Waals surface area contributed by atoms with Crippen molar-refractivity contribution in [3.05, 3.63) is 11.7 Å². The van der Waals surface area contributed by atoms with Gasteiger partial charge in [-0.15, -0.1) is 0 Å². The maximum absolute atomic E-state index is 11.7. The predicted octanol–water partition coefficient (Wildman–Crippen LogP) is 1.71. The normalized spacial score (nSPS) is 19.3. The van der Waals surface area contributed by atoms with Gasteiger partial charge in [-0.25, -0.2) is 0 Å². The number of piperidine rings is 1. The van der Waals surface area contributed by atoms with E-state index in [1.54, 1.807) is 0 Å². The number of ether oxygens (including phenoxy) is 1. The van der Waals surface area contributed by atoms with Gasteiger partial charge < -0.3 is 9.26 Å². The first-order chi connectivity index (χ1) is 9.11. The minimum Gasteiger partial charge on any atom is -0.466 e. The average molecular weight is 267 g/mol. The number of aryl methyl sites for hydroxylation is 1. The Hall–Kier alpha value is -1.43. The van der Waals surface area contributed by atoms with Crippen LogP contribution in [-0.4, -0.2) is 40.7 Å². The first-order valence-corrected chi connectivity index (χ1v) is 6.82. The minimum atomic E-state index is -0.0663. The Morgan fingerprint density at radius 2 is 2.21 bits per heavy atom. The summed E-state index contributed by atoms with van der Waals surface area (Å²) in [6.07, 6.45) is 1.66. The molecule has 1 atom stereocenters. The van der Waals surface area contributed by atoms with Crippen molar-refractivity contribution < 1.29 is 14.1 Å². The minimum absolute atomic E-state index is 0.0350. The van der Waals surface area contributed by atoms with Gasteiger partial charge in [-0.05, 0) is 46.7 Å². The van der Waals surface area contributed by atoms with Crippen molar-refractivity contribution in [3.8, 4) is 0 Å². The van der Waals surface area contributed by atoms with Gasteiger partial charge in [-0.3, -0.25) is 9.69 Å². The predicted molar refractivity (Wildman–Crippen MR) is 68.4 cm³/mol. The molecule has 1 aliphatic rings. The van der Waals surface area contributed by atoms with E-state index in [1.807, 2.05) is 13.8 Å². The van der Waals surface area contributed by atoms with Crippen LogP contribution in [0.5, 0.6) is 0 Å². The van der Waals surface area contributed by atoms with Gasteiger partial charge in [-0.2, -0.15) is 4.98 Å². The number of carbonyl (C=O) groups is 1. The zero-order valence-corrected chi connectivity index (χ0v) is 11.8. The molecule has 19 heavy (non-hydrogen) atoms. The molecule has 2 heterocycles. The van der Waals surface area contributed by atoms with Gasteiger partial charge in [0.05, 0.1) is 18.6 Å². The van der Waals surface area contributed by atoms with E-state index in [2.05, 4.69) is 22.0 Å². The summed E-state index contributed by atoms with van der Waals surface area (Å²) in [5, 5.41) is 3.81. The third kappa shape index (κ3) is 3.32. The lowest BCUT2D eigenvalue weighted by Gasteiger charge is -2.33. The Labute approximate surface area is 113 Å². The van der Waals surface area contributed by atoms with Gasteiger partial charge in [0.2, 0.25) is 5.89 Å². The van der Waals surface area contributed by atoms with Crippen molar-refractivity contribution in [1.82, 2.24) is 15.0 Å². The summed E-state index contributed by atoms with van der Waals surface area (Å²) in [4.78, 5) is 18.2. The maximum Gasteiger partial charge on any atom is 0.309 e. The maximum atomic E-state index is 11.7. The summed E-state index contributed by atoms with van der Waals surface area (Å²) in [5.41, 5.74) is 0. The molecule has 1 unspecified atom stereocenters. The molecule has 106 valence electrons. The van der Waals surface area contributed by atoms with E-state index in [9.17, 15) is 4.79 Å². The highest BCUT2D eigenvalue weighted by Crippen LogP contribution is 2.26. The fraction of sp³-hybridized carbons (Fsp3) is 0.769. The SMILES string of the molecule is CCOC(=O)C1CCN(C(C)c2nc(C)no2)CC1. The molecule has 0 aliphatic carbocycles. The van der Waals surface area contributed by atoms with Crippen LogP contribution in [0.25, 0.3) is 0 Å². The first kappa shape index (κ1) is 14.0. The molecule has 0 aromatic carbocycles. The zero-order valence-electron chi connectivity index (χ0n) is 11.8. The van der Waals surface area contributed by atoms with Crippen molar-refractivity contribution in [2.75, 3.05) is 19.7 Å². The van der Waals surface area contributed by atoms with E-state index in [-0.39, 0.29) is 17.9 Å². The second-order valence-electron chi connectivity index (χ2n) is 4.92. The van der Waals surface area contributed by atoms with Gasteiger partial charge in [-0.1, -0.05) is 5.16 Å². The Balaban J connectivity index is 1.87. The number of hydrogen-bond donors (Lipinski definition) is 0. The van der Waals surface area contributed by atoms with E-state index in [1.165, 1.54) is 0 Å². The van der Waals surface area contributed by atoms with Crippen LogP contribution in [0.2, 0.25) is 0 Å². The molecular weight excluding hydrogens is 246 g/mol. The Morgan fingerprint density at radius 1 is 1.53 bits per heavy atom. The highest BCUT2D eigenvalue weighted by molar-refractivity contribution is 5.72. The van der Waals surface area contributed by atoms with Crippen molar-refractivity contribution >= 4 is 5.97 Å². The standard InChI is InChI=1S/C13H21N3O3/c1-4-18-13(17)11-5-7-16(8-6-11)9(2)12-14-10(3)15-19-12/h9,11H,4-8H2,1-3H3. The van der Waals surface area contributed by atoms with E-state index in [4.69, 9.17) is 9.26 Å². The van der Waals surface area contributed by atoms with Crippen molar-refractivity contribution in [2.24, 2.45) is 5.92 Å². The molecule has 6 heteroatoms. The Kier molecular flexibility index (Phi) is 4.52. The molecule has 2 rings (SSSR count). The van der Waals surface area contributed by atoms with Gasteiger partial charge in [0, 0.05) is 0 Å². The molecule has 0 bridgehead atoms. The highest BCUT2D eigenvalue weighted by Gasteiger charge is 2.30. The van der Waals surface area contributed by atoms with Crippen LogP contribution in [0.3, 0.4) is 0 Å². The number of rotatable bonds is 4. The summed E-state index contributed by atoms with van der Waals surface area (Å²) in [6, 6.07) is 0.101. The van der Waals surface area contributed by atoms with Gasteiger partial charge in [0.25, 0.3) is 0 Å². The van der Waals surface area contributed by atoms with Crippen LogP contribution in [0, 0.1) is 12.8 Å². The number of hydrogen-bond acceptors (Lipinski definition) is 6. The van der Waals surface area contributed by atoms with Crippen LogP contribution >= 0.6 is 0 Å². The lowest BCUT2D eigenvalue weighted by atomic mass is 9.96. The van der Waals surface area contributed by atoms with Crippen LogP contribution < -0.4 is 0 Å². The zero-order chi connectivity index (χ0) is 13.8. The molecular formula is C13H21N3O3. The first-order valence-electron chi connectivity index (χ1n) is 6.82. The molecule has 1 aromatic rings. The van der Waals surface area contributed by atoms with Crippen LogP contribution in [0.4, 0.5) is 0 Å². The van der Waals surface area contributed by atoms with E-state index < -0.39 is 0 Å². The van der Waals surface area contributed by atoms with Crippen molar-refractivity contribution in [2.45, 2.75) is 39.7 Å². The molecule has 0 N–H and O–H groups in total. The largest absolute Gasteiger partial charge is 0.466 e. The number of likely N-dealkylation sites (tertiary alicyclic amines) is 1. The summed E-state index contributed by atoms with van der Waals surface area (Å²) in [6.45, 7) is 7.87. The quantitative estimate of drug-likeness (QED) is 0.774. The molecule has 0 spiro atoms. The van der Waals surface area contributed by atoms with E-state index in [0.29, 0.717) is 18.3 Å². The third-order valence-electron chi connectivity index (χ3n) is 3.60. The molecule has 0 radical (unpaired) electrons. The molecule has 0 amide bonds. The lowest BCUT2D eigenvalue weighted by Crippen LogP contribution is -2.38. The Morgan fingerprint density at radius 3 is 2.74 bits per heavy atom. The van der Waals surface area contributed by atoms with Crippen LogP contribution in [0.15, 0.2) is 4.52 Å². The summed E-state index contributed by atoms with van der Waals surface area (Å²) >= 11 is 0. The number of nitrogens with zero attached hydrogens (tertiary/aromatic N) is 3. The second-order valence-corrected chi connectivity index (χ2v) is 4.92. The number of aromatic nitrogens is 2. The fourth-order valence-corrected chi connectivity index (χ4v) is 2.42. The lowest BCUT2D eigenvalue weighted by molar-refractivity contribution is -0.149. The summed E-state index contributed by atoms with van der Waals surface area (Å²) < 4.78 is 10.3. The van der Waals surface area contributed by atoms with Crippen LogP contribution in [-0.2, 0) is 9.53 Å². The average Bonchev–Trinajstić information content (AvgIpc) is 2.85. The fourth-order valence-electron chi connectivity index (χ4n) is 2.42. The Bertz CT molecular complexity index is 425. The van der Waals surface area contributed by atoms with Gasteiger partial charge in [0.15, 0.2) is 5.82 Å². The number of esters is 1. The topological polar surface area (TPSA) is 68.5 Å². The summed E-state index contributed by atoms with van der Waals surface area (Å²) in [5.74, 6) is 1.27. The third-order valence-corrected chi connectivity index (χ3v) is 3.60.